The molecular formula is C12H22N2O3S. The van der Waals surface area contributed by atoms with Crippen molar-refractivity contribution in [2.24, 2.45) is 0 Å². The van der Waals surface area contributed by atoms with Crippen molar-refractivity contribution in [1.82, 2.24) is 10.6 Å². The zero-order valence-electron chi connectivity index (χ0n) is 11.0. The van der Waals surface area contributed by atoms with Crippen molar-refractivity contribution in [2.75, 3.05) is 18.8 Å². The fourth-order valence-electron chi connectivity index (χ4n) is 2.35. The molecule has 2 atom stereocenters. The van der Waals surface area contributed by atoms with Crippen LogP contribution >= 0.6 is 11.8 Å². The summed E-state index contributed by atoms with van der Waals surface area (Å²) in [4.78, 5) is 22.7. The van der Waals surface area contributed by atoms with Gasteiger partial charge in [0, 0.05) is 11.8 Å². The van der Waals surface area contributed by atoms with Crippen LogP contribution in [0.2, 0.25) is 0 Å². The number of aliphatic carboxylic acids is 1. The first-order valence-corrected chi connectivity index (χ1v) is 7.45. The average Bonchev–Trinajstić information content (AvgIpc) is 2.72. The zero-order chi connectivity index (χ0) is 13.6. The molecule has 5 nitrogen and oxygen atoms in total. The normalized spacial score (nSPS) is 27.1. The second-order valence-electron chi connectivity index (χ2n) is 4.55. The highest BCUT2D eigenvalue weighted by Gasteiger charge is 2.44. The van der Waals surface area contributed by atoms with Crippen molar-refractivity contribution in [3.63, 3.8) is 0 Å². The van der Waals surface area contributed by atoms with Crippen LogP contribution in [0, 0.1) is 0 Å². The minimum Gasteiger partial charge on any atom is -0.480 e. The first kappa shape index (κ1) is 15.3. The van der Waals surface area contributed by atoms with Gasteiger partial charge in [-0.05, 0) is 32.7 Å². The Kier molecular flexibility index (Phi) is 5.95. The lowest BCUT2D eigenvalue weighted by Crippen LogP contribution is -2.50. The third kappa shape index (κ3) is 3.88. The number of amides is 1. The lowest BCUT2D eigenvalue weighted by molar-refractivity contribution is -0.144. The Labute approximate surface area is 112 Å². The van der Waals surface area contributed by atoms with Gasteiger partial charge in [-0.15, -0.1) is 11.8 Å². The lowest BCUT2D eigenvalue weighted by Gasteiger charge is -2.25. The Hall–Kier alpha value is -0.750. The molecule has 6 heteroatoms. The van der Waals surface area contributed by atoms with E-state index in [4.69, 9.17) is 0 Å². The predicted molar refractivity (Wildman–Crippen MR) is 72.8 cm³/mol. The number of carboxylic acid groups (broad SMARTS) is 1. The van der Waals surface area contributed by atoms with E-state index in [9.17, 15) is 14.7 Å². The molecule has 1 fully saturated rings. The Balaban J connectivity index is 2.44. The fourth-order valence-corrected chi connectivity index (χ4v) is 3.53. The number of nitrogens with one attached hydrogen (secondary N) is 2. The van der Waals surface area contributed by atoms with E-state index >= 15 is 0 Å². The molecule has 2 unspecified atom stereocenters. The van der Waals surface area contributed by atoms with Crippen molar-refractivity contribution < 1.29 is 14.7 Å². The van der Waals surface area contributed by atoms with Gasteiger partial charge in [-0.2, -0.15) is 0 Å². The van der Waals surface area contributed by atoms with Gasteiger partial charge >= 0.3 is 5.97 Å². The molecule has 0 aromatic heterocycles. The van der Waals surface area contributed by atoms with Crippen LogP contribution in [0.4, 0.5) is 0 Å². The summed E-state index contributed by atoms with van der Waals surface area (Å²) >= 11 is 1.56. The van der Waals surface area contributed by atoms with Gasteiger partial charge in [-0.1, -0.05) is 6.92 Å². The standard InChI is InChI=1S/C12H22N2O3S/c1-3-13-10(15)8-18-9-5-6-12(7-9,11(16)17)14-4-2/h9,14H,3-8H2,1-2H3,(H,13,15)(H,16,17). The molecule has 104 valence electrons. The van der Waals surface area contributed by atoms with Crippen molar-refractivity contribution in [2.45, 2.75) is 43.9 Å². The molecular weight excluding hydrogens is 252 g/mol. The molecule has 0 aromatic rings. The van der Waals surface area contributed by atoms with Crippen molar-refractivity contribution >= 4 is 23.6 Å². The van der Waals surface area contributed by atoms with E-state index in [0.717, 1.165) is 6.42 Å². The highest BCUT2D eigenvalue weighted by atomic mass is 32.2. The van der Waals surface area contributed by atoms with Gasteiger partial charge in [-0.3, -0.25) is 9.59 Å². The van der Waals surface area contributed by atoms with Crippen LogP contribution in [0.3, 0.4) is 0 Å². The Morgan fingerprint density at radius 3 is 2.67 bits per heavy atom. The molecule has 0 aromatic carbocycles. The largest absolute Gasteiger partial charge is 0.480 e. The molecule has 18 heavy (non-hydrogen) atoms. The van der Waals surface area contributed by atoms with E-state index in [1.54, 1.807) is 11.8 Å². The van der Waals surface area contributed by atoms with Gasteiger partial charge in [0.05, 0.1) is 5.75 Å². The molecule has 1 saturated carbocycles. The molecule has 1 aliphatic carbocycles. The van der Waals surface area contributed by atoms with Crippen molar-refractivity contribution in [1.29, 1.82) is 0 Å². The molecule has 0 saturated heterocycles. The average molecular weight is 274 g/mol. The third-order valence-corrected chi connectivity index (χ3v) is 4.52. The Morgan fingerprint density at radius 2 is 2.11 bits per heavy atom. The first-order valence-electron chi connectivity index (χ1n) is 6.40. The Morgan fingerprint density at radius 1 is 1.39 bits per heavy atom. The van der Waals surface area contributed by atoms with E-state index in [1.807, 2.05) is 13.8 Å². The summed E-state index contributed by atoms with van der Waals surface area (Å²) in [7, 11) is 0. The second kappa shape index (κ2) is 6.99. The fraction of sp³-hybridized carbons (Fsp3) is 0.833. The smallest absolute Gasteiger partial charge is 0.323 e. The van der Waals surface area contributed by atoms with E-state index in [-0.39, 0.29) is 11.2 Å². The monoisotopic (exact) mass is 274 g/mol. The van der Waals surface area contributed by atoms with Crippen molar-refractivity contribution in [3.05, 3.63) is 0 Å². The van der Waals surface area contributed by atoms with Crippen LogP contribution in [-0.4, -0.2) is 46.6 Å². The van der Waals surface area contributed by atoms with Gasteiger partial charge in [0.1, 0.15) is 5.54 Å². The summed E-state index contributed by atoms with van der Waals surface area (Å²) in [5.41, 5.74) is -0.784. The zero-order valence-corrected chi connectivity index (χ0v) is 11.8. The summed E-state index contributed by atoms with van der Waals surface area (Å²) in [6.45, 7) is 5.10. The van der Waals surface area contributed by atoms with Gasteiger partial charge in [0.15, 0.2) is 0 Å². The van der Waals surface area contributed by atoms with Gasteiger partial charge in [0.2, 0.25) is 5.91 Å². The van der Waals surface area contributed by atoms with Gasteiger partial charge in [0.25, 0.3) is 0 Å². The second-order valence-corrected chi connectivity index (χ2v) is 5.84. The number of rotatable bonds is 7. The molecule has 1 rings (SSSR count). The predicted octanol–water partition coefficient (Wildman–Crippen LogP) is 0.841. The number of hydrogen-bond donors (Lipinski definition) is 3. The van der Waals surface area contributed by atoms with E-state index in [1.165, 1.54) is 0 Å². The maximum absolute atomic E-state index is 11.4. The minimum atomic E-state index is -0.784. The van der Waals surface area contributed by atoms with Crippen LogP contribution < -0.4 is 10.6 Å². The number of likely N-dealkylation sites (N-methyl/N-ethyl adjacent to an activating group) is 1. The SMILES string of the molecule is CCNC(=O)CSC1CCC(NCC)(C(=O)O)C1. The molecule has 3 N–H and O–H groups in total. The van der Waals surface area contributed by atoms with Gasteiger partial charge in [-0.25, -0.2) is 0 Å². The van der Waals surface area contributed by atoms with Crippen LogP contribution in [0.25, 0.3) is 0 Å². The molecule has 0 bridgehead atoms. The first-order chi connectivity index (χ1) is 8.54. The molecule has 0 heterocycles. The van der Waals surface area contributed by atoms with E-state index in [0.29, 0.717) is 31.7 Å². The van der Waals surface area contributed by atoms with E-state index in [2.05, 4.69) is 10.6 Å². The summed E-state index contributed by atoms with van der Waals surface area (Å²) in [6, 6.07) is 0. The summed E-state index contributed by atoms with van der Waals surface area (Å²) in [5.74, 6) is -0.329. The van der Waals surface area contributed by atoms with Crippen LogP contribution in [0.15, 0.2) is 0 Å². The van der Waals surface area contributed by atoms with Gasteiger partial charge < -0.3 is 15.7 Å². The topological polar surface area (TPSA) is 78.4 Å². The molecule has 1 aliphatic rings. The number of thioether (sulfide) groups is 1. The number of carbonyl (C=O) groups is 2. The maximum atomic E-state index is 11.4. The molecule has 0 radical (unpaired) electrons. The molecule has 0 aliphatic heterocycles. The summed E-state index contributed by atoms with van der Waals surface area (Å²) < 4.78 is 0. The third-order valence-electron chi connectivity index (χ3n) is 3.22. The lowest BCUT2D eigenvalue weighted by atomic mass is 9.98. The summed E-state index contributed by atoms with van der Waals surface area (Å²) in [6.07, 6.45) is 2.09. The molecule has 1 amide bonds. The minimum absolute atomic E-state index is 0.0266. The molecule has 0 spiro atoms. The number of hydrogen-bond acceptors (Lipinski definition) is 4. The Bertz CT molecular complexity index is 312. The van der Waals surface area contributed by atoms with Crippen LogP contribution in [-0.2, 0) is 9.59 Å². The van der Waals surface area contributed by atoms with E-state index < -0.39 is 11.5 Å². The highest BCUT2D eigenvalue weighted by molar-refractivity contribution is 8.00. The number of carbonyl (C=O) groups excluding carboxylic acids is 1. The maximum Gasteiger partial charge on any atom is 0.323 e. The van der Waals surface area contributed by atoms with Crippen LogP contribution in [0.1, 0.15) is 33.1 Å². The number of carboxylic acids is 1. The highest BCUT2D eigenvalue weighted by Crippen LogP contribution is 2.37. The quantitative estimate of drug-likeness (QED) is 0.641. The van der Waals surface area contributed by atoms with Crippen molar-refractivity contribution in [3.8, 4) is 0 Å². The van der Waals surface area contributed by atoms with Crippen LogP contribution in [0.5, 0.6) is 0 Å². The summed E-state index contributed by atoms with van der Waals surface area (Å²) in [5, 5.41) is 15.4.